The number of benzene rings is 2. The van der Waals surface area contributed by atoms with E-state index in [9.17, 15) is 0 Å². The number of hydrogen-bond donors (Lipinski definition) is 0. The van der Waals surface area contributed by atoms with Gasteiger partial charge in [0.2, 0.25) is 0 Å². The van der Waals surface area contributed by atoms with Gasteiger partial charge in [-0.2, -0.15) is 5.26 Å². The lowest BCUT2D eigenvalue weighted by atomic mass is 10.2. The molecule has 0 aromatic heterocycles. The fourth-order valence-electron chi connectivity index (χ4n) is 1.32. The summed E-state index contributed by atoms with van der Waals surface area (Å²) in [6.45, 7) is 0. The second kappa shape index (κ2) is 5.35. The first-order chi connectivity index (χ1) is 8.20. The summed E-state index contributed by atoms with van der Waals surface area (Å²) in [5.41, 5.74) is 0.516. The number of hydrogen-bond acceptors (Lipinski definition) is 2. The van der Waals surface area contributed by atoms with Crippen LogP contribution >= 0.6 is 31.9 Å². The molecule has 0 aliphatic rings. The standard InChI is InChI=1S/C13H7Br2NO/c14-10-5-6-13(11(15)7-10)17-12-4-2-1-3-9(12)8-16/h1-7H. The second-order valence-electron chi connectivity index (χ2n) is 3.28. The van der Waals surface area contributed by atoms with Gasteiger partial charge in [-0.05, 0) is 46.3 Å². The molecule has 0 radical (unpaired) electrons. The monoisotopic (exact) mass is 351 g/mol. The Morgan fingerprint density at radius 3 is 2.47 bits per heavy atom. The molecule has 2 nitrogen and oxygen atoms in total. The highest BCUT2D eigenvalue weighted by Crippen LogP contribution is 2.33. The van der Waals surface area contributed by atoms with Crippen LogP contribution in [0.2, 0.25) is 0 Å². The average Bonchev–Trinajstić information content (AvgIpc) is 2.33. The lowest BCUT2D eigenvalue weighted by molar-refractivity contribution is 0.478. The van der Waals surface area contributed by atoms with Gasteiger partial charge in [-0.1, -0.05) is 28.1 Å². The molecule has 0 heterocycles. The Balaban J connectivity index is 2.35. The van der Waals surface area contributed by atoms with E-state index in [4.69, 9.17) is 10.00 Å². The van der Waals surface area contributed by atoms with Crippen molar-refractivity contribution < 1.29 is 4.74 Å². The predicted molar refractivity (Wildman–Crippen MR) is 73.1 cm³/mol. The van der Waals surface area contributed by atoms with Crippen LogP contribution < -0.4 is 4.74 Å². The molecular formula is C13H7Br2NO. The van der Waals surface area contributed by atoms with Gasteiger partial charge in [0.1, 0.15) is 17.6 Å². The SMILES string of the molecule is N#Cc1ccccc1Oc1ccc(Br)cc1Br. The van der Waals surface area contributed by atoms with Gasteiger partial charge in [0.05, 0.1) is 10.0 Å². The molecule has 0 saturated carbocycles. The van der Waals surface area contributed by atoms with Crippen LogP contribution in [0.15, 0.2) is 51.4 Å². The molecule has 84 valence electrons. The molecule has 0 bridgehead atoms. The van der Waals surface area contributed by atoms with E-state index < -0.39 is 0 Å². The predicted octanol–water partition coefficient (Wildman–Crippen LogP) is 4.88. The molecule has 17 heavy (non-hydrogen) atoms. The zero-order valence-electron chi connectivity index (χ0n) is 8.65. The molecule has 0 spiro atoms. The second-order valence-corrected chi connectivity index (χ2v) is 5.05. The van der Waals surface area contributed by atoms with Crippen LogP contribution in [0.3, 0.4) is 0 Å². The third kappa shape index (κ3) is 2.87. The Labute approximate surface area is 116 Å². The zero-order chi connectivity index (χ0) is 12.3. The molecule has 2 aromatic carbocycles. The topological polar surface area (TPSA) is 33.0 Å². The van der Waals surface area contributed by atoms with Crippen LogP contribution in [0.5, 0.6) is 11.5 Å². The molecule has 0 atom stereocenters. The largest absolute Gasteiger partial charge is 0.455 e. The van der Waals surface area contributed by atoms with Crippen molar-refractivity contribution in [1.82, 2.24) is 0 Å². The smallest absolute Gasteiger partial charge is 0.145 e. The summed E-state index contributed by atoms with van der Waals surface area (Å²) in [6.07, 6.45) is 0. The molecule has 0 aliphatic carbocycles. The van der Waals surface area contributed by atoms with Gasteiger partial charge in [0, 0.05) is 4.47 Å². The third-order valence-electron chi connectivity index (χ3n) is 2.12. The molecular weight excluding hydrogens is 346 g/mol. The molecule has 0 saturated heterocycles. The van der Waals surface area contributed by atoms with Crippen LogP contribution in [0.1, 0.15) is 5.56 Å². The van der Waals surface area contributed by atoms with Crippen molar-refractivity contribution in [3.05, 3.63) is 57.0 Å². The van der Waals surface area contributed by atoms with Crippen molar-refractivity contribution in [3.8, 4) is 17.6 Å². The van der Waals surface area contributed by atoms with E-state index in [1.165, 1.54) is 0 Å². The maximum absolute atomic E-state index is 8.96. The number of rotatable bonds is 2. The molecule has 0 unspecified atom stereocenters. The van der Waals surface area contributed by atoms with Crippen molar-refractivity contribution in [2.75, 3.05) is 0 Å². The van der Waals surface area contributed by atoms with Crippen LogP contribution in [-0.4, -0.2) is 0 Å². The normalized spacial score (nSPS) is 9.71. The Kier molecular flexibility index (Phi) is 3.82. The van der Waals surface area contributed by atoms with Gasteiger partial charge < -0.3 is 4.74 Å². The molecule has 0 fully saturated rings. The van der Waals surface area contributed by atoms with E-state index in [1.54, 1.807) is 12.1 Å². The summed E-state index contributed by atoms with van der Waals surface area (Å²) in [5.74, 6) is 1.23. The molecule has 2 rings (SSSR count). The first-order valence-corrected chi connectivity index (χ1v) is 6.41. The van der Waals surface area contributed by atoms with Crippen molar-refractivity contribution in [3.63, 3.8) is 0 Å². The van der Waals surface area contributed by atoms with Gasteiger partial charge in [-0.3, -0.25) is 0 Å². The summed E-state index contributed by atoms with van der Waals surface area (Å²) in [5, 5.41) is 8.96. The minimum absolute atomic E-state index is 0.516. The van der Waals surface area contributed by atoms with E-state index in [0.717, 1.165) is 8.95 Å². The van der Waals surface area contributed by atoms with E-state index in [-0.39, 0.29) is 0 Å². The Morgan fingerprint density at radius 1 is 1.00 bits per heavy atom. The number of nitrogens with zero attached hydrogens (tertiary/aromatic N) is 1. The number of nitriles is 1. The summed E-state index contributed by atoms with van der Waals surface area (Å²) in [6, 6.07) is 14.8. The summed E-state index contributed by atoms with van der Waals surface area (Å²) in [7, 11) is 0. The van der Waals surface area contributed by atoms with Crippen LogP contribution in [0.4, 0.5) is 0 Å². The summed E-state index contributed by atoms with van der Waals surface area (Å²) < 4.78 is 7.49. The van der Waals surface area contributed by atoms with Crippen molar-refractivity contribution in [2.24, 2.45) is 0 Å². The highest BCUT2D eigenvalue weighted by Gasteiger charge is 2.06. The van der Waals surface area contributed by atoms with Crippen LogP contribution in [0.25, 0.3) is 0 Å². The van der Waals surface area contributed by atoms with Crippen molar-refractivity contribution in [2.45, 2.75) is 0 Å². The summed E-state index contributed by atoms with van der Waals surface area (Å²) in [4.78, 5) is 0. The molecule has 2 aromatic rings. The lowest BCUT2D eigenvalue weighted by Crippen LogP contribution is -1.88. The van der Waals surface area contributed by atoms with Crippen molar-refractivity contribution in [1.29, 1.82) is 5.26 Å². The highest BCUT2D eigenvalue weighted by atomic mass is 79.9. The summed E-state index contributed by atoms with van der Waals surface area (Å²) >= 11 is 6.79. The Bertz CT molecular complexity index is 590. The van der Waals surface area contributed by atoms with Gasteiger partial charge >= 0.3 is 0 Å². The fraction of sp³-hybridized carbons (Fsp3) is 0. The van der Waals surface area contributed by atoms with E-state index in [0.29, 0.717) is 17.1 Å². The number of halogens is 2. The van der Waals surface area contributed by atoms with Gasteiger partial charge in [0.15, 0.2) is 0 Å². The van der Waals surface area contributed by atoms with E-state index in [2.05, 4.69) is 37.9 Å². The average molecular weight is 353 g/mol. The van der Waals surface area contributed by atoms with Crippen molar-refractivity contribution >= 4 is 31.9 Å². The maximum Gasteiger partial charge on any atom is 0.145 e. The van der Waals surface area contributed by atoms with Crippen LogP contribution in [0, 0.1) is 11.3 Å². The molecule has 0 N–H and O–H groups in total. The molecule has 0 amide bonds. The quantitative estimate of drug-likeness (QED) is 0.771. The Morgan fingerprint density at radius 2 is 1.76 bits per heavy atom. The first-order valence-electron chi connectivity index (χ1n) is 4.83. The lowest BCUT2D eigenvalue weighted by Gasteiger charge is -2.09. The third-order valence-corrected chi connectivity index (χ3v) is 3.23. The minimum Gasteiger partial charge on any atom is -0.455 e. The van der Waals surface area contributed by atoms with Gasteiger partial charge in [0.25, 0.3) is 0 Å². The Hall–Kier alpha value is -1.31. The minimum atomic E-state index is 0.516. The van der Waals surface area contributed by atoms with Gasteiger partial charge in [-0.15, -0.1) is 0 Å². The number of ether oxygens (including phenoxy) is 1. The highest BCUT2D eigenvalue weighted by molar-refractivity contribution is 9.11. The molecule has 0 aliphatic heterocycles. The zero-order valence-corrected chi connectivity index (χ0v) is 11.8. The number of para-hydroxylation sites is 1. The van der Waals surface area contributed by atoms with Crippen LogP contribution in [-0.2, 0) is 0 Å². The van der Waals surface area contributed by atoms with E-state index >= 15 is 0 Å². The van der Waals surface area contributed by atoms with E-state index in [1.807, 2.05) is 30.3 Å². The van der Waals surface area contributed by atoms with Gasteiger partial charge in [-0.25, -0.2) is 0 Å². The molecule has 4 heteroatoms. The fourth-order valence-corrected chi connectivity index (χ4v) is 2.45. The first kappa shape index (κ1) is 12.2. The maximum atomic E-state index is 8.96.